The molecular formula is C15H20O3. The number of ether oxygens (including phenoxy) is 1. The highest BCUT2D eigenvalue weighted by Gasteiger charge is 2.47. The van der Waals surface area contributed by atoms with Crippen LogP contribution in [-0.4, -0.2) is 18.2 Å². The number of allylic oxidation sites excluding steroid dienone is 4. The van der Waals surface area contributed by atoms with Crippen LogP contribution in [0, 0.1) is 17.8 Å². The summed E-state index contributed by atoms with van der Waals surface area (Å²) in [6, 6.07) is 0. The molecule has 2 aliphatic carbocycles. The zero-order chi connectivity index (χ0) is 13.4. The molecule has 0 saturated heterocycles. The molecule has 2 rings (SSSR count). The molecule has 2 fully saturated rings. The zero-order valence-electron chi connectivity index (χ0n) is 11.0. The fourth-order valence-electron chi connectivity index (χ4n) is 3.47. The summed E-state index contributed by atoms with van der Waals surface area (Å²) in [5, 5.41) is 9.86. The van der Waals surface area contributed by atoms with Crippen molar-refractivity contribution in [3.8, 4) is 0 Å². The second kappa shape index (κ2) is 4.63. The van der Waals surface area contributed by atoms with Gasteiger partial charge in [0.15, 0.2) is 0 Å². The van der Waals surface area contributed by atoms with Crippen molar-refractivity contribution in [3.05, 3.63) is 35.6 Å². The summed E-state index contributed by atoms with van der Waals surface area (Å²) in [7, 11) is 1.42. The van der Waals surface area contributed by atoms with E-state index in [4.69, 9.17) is 4.74 Å². The van der Waals surface area contributed by atoms with E-state index in [1.807, 2.05) is 0 Å². The molecule has 0 aromatic heterocycles. The van der Waals surface area contributed by atoms with Gasteiger partial charge in [-0.25, -0.2) is 0 Å². The van der Waals surface area contributed by atoms with Crippen LogP contribution < -0.4 is 0 Å². The van der Waals surface area contributed by atoms with E-state index >= 15 is 0 Å². The lowest BCUT2D eigenvalue weighted by Gasteiger charge is -2.32. The largest absolute Gasteiger partial charge is 0.512 e. The summed E-state index contributed by atoms with van der Waals surface area (Å²) >= 11 is 0. The SMILES string of the molecule is C=C1CC[C@@H]2[C@@H](C(=O)OC)CC(=C)[C@@H]2/C1=C(\C)O. The number of carbonyl (C=O) groups is 1. The quantitative estimate of drug-likeness (QED) is 0.440. The Labute approximate surface area is 108 Å². The molecule has 3 heteroatoms. The normalized spacial score (nSPS) is 34.2. The Morgan fingerprint density at radius 3 is 2.67 bits per heavy atom. The lowest BCUT2D eigenvalue weighted by Crippen LogP contribution is -2.28. The van der Waals surface area contributed by atoms with Crippen LogP contribution in [0.15, 0.2) is 35.6 Å². The molecular weight excluding hydrogens is 228 g/mol. The van der Waals surface area contributed by atoms with Gasteiger partial charge in [0, 0.05) is 5.92 Å². The van der Waals surface area contributed by atoms with Gasteiger partial charge in [-0.1, -0.05) is 18.7 Å². The van der Waals surface area contributed by atoms with Crippen LogP contribution in [-0.2, 0) is 9.53 Å². The standard InChI is InChI=1S/C15H20O3/c1-8-5-6-11-12(15(17)18-4)7-9(2)14(11)13(8)10(3)16/h11-12,14,16H,1-2,5-7H2,3-4H3/b13-10+/t11-,12+,14+/m1/s1. The van der Waals surface area contributed by atoms with Crippen LogP contribution in [0.4, 0.5) is 0 Å². The third-order valence-electron chi connectivity index (χ3n) is 4.23. The van der Waals surface area contributed by atoms with Crippen molar-refractivity contribution in [1.29, 1.82) is 0 Å². The minimum atomic E-state index is -0.161. The highest BCUT2D eigenvalue weighted by molar-refractivity contribution is 5.74. The number of rotatable bonds is 1. The minimum Gasteiger partial charge on any atom is -0.512 e. The fourth-order valence-corrected chi connectivity index (χ4v) is 3.47. The van der Waals surface area contributed by atoms with E-state index in [9.17, 15) is 9.90 Å². The average Bonchev–Trinajstić information content (AvgIpc) is 2.65. The van der Waals surface area contributed by atoms with E-state index in [1.165, 1.54) is 7.11 Å². The summed E-state index contributed by atoms with van der Waals surface area (Å²) < 4.78 is 4.87. The predicted molar refractivity (Wildman–Crippen MR) is 69.9 cm³/mol. The number of methoxy groups -OCH3 is 1. The number of fused-ring (bicyclic) bond motifs is 1. The number of aliphatic hydroxyl groups excluding tert-OH is 1. The topological polar surface area (TPSA) is 46.5 Å². The predicted octanol–water partition coefficient (Wildman–Crippen LogP) is 3.15. The highest BCUT2D eigenvalue weighted by Crippen LogP contribution is 2.52. The highest BCUT2D eigenvalue weighted by atomic mass is 16.5. The molecule has 0 amide bonds. The summed E-state index contributed by atoms with van der Waals surface area (Å²) in [6.07, 6.45) is 2.40. The van der Waals surface area contributed by atoms with E-state index in [2.05, 4.69) is 13.2 Å². The van der Waals surface area contributed by atoms with Gasteiger partial charge in [-0.3, -0.25) is 4.79 Å². The van der Waals surface area contributed by atoms with Crippen LogP contribution >= 0.6 is 0 Å². The molecule has 3 nitrogen and oxygen atoms in total. The molecule has 98 valence electrons. The molecule has 3 atom stereocenters. The molecule has 2 saturated carbocycles. The second-order valence-electron chi connectivity index (χ2n) is 5.27. The van der Waals surface area contributed by atoms with Gasteiger partial charge in [0.05, 0.1) is 18.8 Å². The summed E-state index contributed by atoms with van der Waals surface area (Å²) in [4.78, 5) is 11.8. The third kappa shape index (κ3) is 1.88. The fraction of sp³-hybridized carbons (Fsp3) is 0.533. The molecule has 0 radical (unpaired) electrons. The van der Waals surface area contributed by atoms with Crippen molar-refractivity contribution in [1.82, 2.24) is 0 Å². The number of hydrogen-bond acceptors (Lipinski definition) is 3. The van der Waals surface area contributed by atoms with Crippen LogP contribution in [0.2, 0.25) is 0 Å². The van der Waals surface area contributed by atoms with Gasteiger partial charge in [0.2, 0.25) is 0 Å². The van der Waals surface area contributed by atoms with Gasteiger partial charge in [-0.2, -0.15) is 0 Å². The van der Waals surface area contributed by atoms with Crippen molar-refractivity contribution in [3.63, 3.8) is 0 Å². The van der Waals surface area contributed by atoms with E-state index in [0.29, 0.717) is 12.2 Å². The summed E-state index contributed by atoms with van der Waals surface area (Å²) in [5.41, 5.74) is 2.88. The summed E-state index contributed by atoms with van der Waals surface area (Å²) in [6.45, 7) is 9.79. The van der Waals surface area contributed by atoms with E-state index in [0.717, 1.165) is 29.6 Å². The number of aliphatic hydroxyl groups is 1. The molecule has 0 bridgehead atoms. The Balaban J connectivity index is 2.38. The first-order valence-electron chi connectivity index (χ1n) is 6.30. The number of carbonyl (C=O) groups excluding carboxylic acids is 1. The van der Waals surface area contributed by atoms with Crippen molar-refractivity contribution >= 4 is 5.97 Å². The van der Waals surface area contributed by atoms with Crippen LogP contribution in [0.25, 0.3) is 0 Å². The smallest absolute Gasteiger partial charge is 0.309 e. The molecule has 1 N–H and O–H groups in total. The van der Waals surface area contributed by atoms with Gasteiger partial charge in [0.25, 0.3) is 0 Å². The molecule has 0 aromatic carbocycles. The average molecular weight is 248 g/mol. The lowest BCUT2D eigenvalue weighted by molar-refractivity contribution is -0.147. The van der Waals surface area contributed by atoms with E-state index in [1.54, 1.807) is 6.92 Å². The van der Waals surface area contributed by atoms with Gasteiger partial charge < -0.3 is 9.84 Å². The molecule has 0 aromatic rings. The minimum absolute atomic E-state index is 0.0698. The Bertz CT molecular complexity index is 441. The Morgan fingerprint density at radius 1 is 1.44 bits per heavy atom. The number of esters is 1. The maximum absolute atomic E-state index is 11.8. The van der Waals surface area contributed by atoms with Crippen molar-refractivity contribution in [2.45, 2.75) is 26.2 Å². The van der Waals surface area contributed by atoms with Gasteiger partial charge in [-0.15, -0.1) is 0 Å². The molecule has 18 heavy (non-hydrogen) atoms. The Hall–Kier alpha value is -1.51. The maximum atomic E-state index is 11.8. The van der Waals surface area contributed by atoms with Crippen LogP contribution in [0.3, 0.4) is 0 Å². The maximum Gasteiger partial charge on any atom is 0.309 e. The molecule has 0 aliphatic heterocycles. The Morgan fingerprint density at radius 2 is 2.11 bits per heavy atom. The van der Waals surface area contributed by atoms with Crippen molar-refractivity contribution in [2.75, 3.05) is 7.11 Å². The van der Waals surface area contributed by atoms with Crippen molar-refractivity contribution < 1.29 is 14.6 Å². The first-order chi connectivity index (χ1) is 8.47. The van der Waals surface area contributed by atoms with Crippen molar-refractivity contribution in [2.24, 2.45) is 17.8 Å². The van der Waals surface area contributed by atoms with Crippen LogP contribution in [0.1, 0.15) is 26.2 Å². The van der Waals surface area contributed by atoms with Gasteiger partial charge in [0.1, 0.15) is 0 Å². The van der Waals surface area contributed by atoms with E-state index < -0.39 is 0 Å². The summed E-state index contributed by atoms with van der Waals surface area (Å²) in [5.74, 6) is 0.301. The Kier molecular flexibility index (Phi) is 3.33. The van der Waals surface area contributed by atoms with Gasteiger partial charge in [-0.05, 0) is 43.3 Å². The first kappa shape index (κ1) is 12.9. The monoisotopic (exact) mass is 248 g/mol. The van der Waals surface area contributed by atoms with Crippen LogP contribution in [0.5, 0.6) is 0 Å². The third-order valence-corrected chi connectivity index (χ3v) is 4.23. The molecule has 0 spiro atoms. The van der Waals surface area contributed by atoms with Gasteiger partial charge >= 0.3 is 5.97 Å². The zero-order valence-corrected chi connectivity index (χ0v) is 11.0. The number of hydrogen-bond donors (Lipinski definition) is 1. The lowest BCUT2D eigenvalue weighted by atomic mass is 9.72. The van der Waals surface area contributed by atoms with E-state index in [-0.39, 0.29) is 23.7 Å². The second-order valence-corrected chi connectivity index (χ2v) is 5.27. The molecule has 0 unspecified atom stereocenters. The molecule has 2 aliphatic rings. The molecule has 0 heterocycles. The first-order valence-corrected chi connectivity index (χ1v) is 6.30.